The molecular formula is C42H50N4O5. The van der Waals surface area contributed by atoms with Gasteiger partial charge in [0, 0.05) is 43.2 Å². The van der Waals surface area contributed by atoms with Gasteiger partial charge in [-0.15, -0.1) is 13.2 Å². The Morgan fingerprint density at radius 1 is 0.882 bits per heavy atom. The number of nitrogens with zero attached hydrogens (tertiary/aromatic N) is 4. The number of benzene rings is 3. The predicted octanol–water partition coefficient (Wildman–Crippen LogP) is 6.02. The van der Waals surface area contributed by atoms with Crippen molar-refractivity contribution in [3.8, 4) is 0 Å². The van der Waals surface area contributed by atoms with E-state index in [1.807, 2.05) is 98.8 Å². The van der Waals surface area contributed by atoms with Gasteiger partial charge in [0.1, 0.15) is 11.6 Å². The second-order valence-corrected chi connectivity index (χ2v) is 14.1. The Balaban J connectivity index is 1.50. The maximum Gasteiger partial charge on any atom is 0.253 e. The Morgan fingerprint density at radius 2 is 1.41 bits per heavy atom. The lowest BCUT2D eigenvalue weighted by molar-refractivity contribution is -0.149. The minimum Gasteiger partial charge on any atom is -0.394 e. The molecule has 3 unspecified atom stereocenters. The zero-order chi connectivity index (χ0) is 36.5. The van der Waals surface area contributed by atoms with Gasteiger partial charge in [-0.25, -0.2) is 0 Å². The SMILES string of the molecule is C=CCN(C(=O)C1N([C@H](CO)c2ccccc2)C(=O)[C@@H]2[C@H](C(=O)N(CC=C)c3ccccc3)[C@@]3(C)OC12CC3C)c1ccc(N(CC)CC)cc1. The van der Waals surface area contributed by atoms with E-state index in [4.69, 9.17) is 4.74 Å². The summed E-state index contributed by atoms with van der Waals surface area (Å²) < 4.78 is 7.09. The summed E-state index contributed by atoms with van der Waals surface area (Å²) in [5.74, 6) is -2.95. The summed E-state index contributed by atoms with van der Waals surface area (Å²) >= 11 is 0. The molecule has 9 heteroatoms. The molecule has 3 heterocycles. The van der Waals surface area contributed by atoms with Crippen molar-refractivity contribution in [2.45, 2.75) is 57.4 Å². The van der Waals surface area contributed by atoms with Crippen molar-refractivity contribution in [2.75, 3.05) is 47.5 Å². The average molecular weight is 691 g/mol. The van der Waals surface area contributed by atoms with E-state index in [0.29, 0.717) is 23.4 Å². The van der Waals surface area contributed by atoms with Crippen LogP contribution in [0.15, 0.2) is 110 Å². The first-order chi connectivity index (χ1) is 24.6. The number of likely N-dealkylation sites (tertiary alicyclic amines) is 1. The summed E-state index contributed by atoms with van der Waals surface area (Å²) in [5, 5.41) is 11.0. The molecule has 3 aliphatic rings. The van der Waals surface area contributed by atoms with Crippen molar-refractivity contribution in [1.29, 1.82) is 0 Å². The third kappa shape index (κ3) is 5.86. The monoisotopic (exact) mass is 690 g/mol. The van der Waals surface area contributed by atoms with Gasteiger partial charge in [-0.2, -0.15) is 0 Å². The number of carbonyl (C=O) groups excluding carboxylic acids is 3. The first kappa shape index (κ1) is 36.1. The molecule has 51 heavy (non-hydrogen) atoms. The summed E-state index contributed by atoms with van der Waals surface area (Å²) in [6.07, 6.45) is 3.74. The largest absolute Gasteiger partial charge is 0.394 e. The van der Waals surface area contributed by atoms with Gasteiger partial charge < -0.3 is 29.4 Å². The zero-order valence-electron chi connectivity index (χ0n) is 30.2. The first-order valence-electron chi connectivity index (χ1n) is 18.0. The number of ether oxygens (including phenoxy) is 1. The van der Waals surface area contributed by atoms with E-state index in [0.717, 1.165) is 18.8 Å². The van der Waals surface area contributed by atoms with Gasteiger partial charge >= 0.3 is 0 Å². The molecule has 0 saturated carbocycles. The number of carbonyl (C=O) groups is 3. The smallest absolute Gasteiger partial charge is 0.253 e. The van der Waals surface area contributed by atoms with Crippen LogP contribution in [-0.2, 0) is 19.1 Å². The fourth-order valence-electron chi connectivity index (χ4n) is 8.96. The van der Waals surface area contributed by atoms with Crippen LogP contribution in [0.1, 0.15) is 45.7 Å². The summed E-state index contributed by atoms with van der Waals surface area (Å²) in [4.78, 5) is 52.5. The first-order valence-corrected chi connectivity index (χ1v) is 18.0. The van der Waals surface area contributed by atoms with E-state index in [1.165, 1.54) is 4.90 Å². The lowest BCUT2D eigenvalue weighted by atomic mass is 9.62. The van der Waals surface area contributed by atoms with Crippen molar-refractivity contribution in [1.82, 2.24) is 4.90 Å². The number of para-hydroxylation sites is 1. The Kier molecular flexibility index (Phi) is 10.2. The number of hydrogen-bond acceptors (Lipinski definition) is 6. The molecule has 1 N–H and O–H groups in total. The normalized spacial score (nSPS) is 26.8. The quantitative estimate of drug-likeness (QED) is 0.208. The van der Waals surface area contributed by atoms with Crippen molar-refractivity contribution < 1.29 is 24.2 Å². The predicted molar refractivity (Wildman–Crippen MR) is 201 cm³/mol. The molecule has 3 fully saturated rings. The molecule has 3 aliphatic heterocycles. The summed E-state index contributed by atoms with van der Waals surface area (Å²) in [5.41, 5.74) is 0.737. The molecule has 7 atom stereocenters. The average Bonchev–Trinajstić information content (AvgIpc) is 3.67. The zero-order valence-corrected chi connectivity index (χ0v) is 30.2. The van der Waals surface area contributed by atoms with Crippen molar-refractivity contribution in [3.63, 3.8) is 0 Å². The molecule has 0 aromatic heterocycles. The number of fused-ring (bicyclic) bond motifs is 1. The number of hydrogen-bond donors (Lipinski definition) is 1. The summed E-state index contributed by atoms with van der Waals surface area (Å²) in [6, 6.07) is 24.5. The number of rotatable bonds is 14. The van der Waals surface area contributed by atoms with Crippen LogP contribution in [0.5, 0.6) is 0 Å². The highest BCUT2D eigenvalue weighted by Gasteiger charge is 2.80. The minimum absolute atomic E-state index is 0.155. The van der Waals surface area contributed by atoms with Crippen LogP contribution in [0.4, 0.5) is 17.1 Å². The highest BCUT2D eigenvalue weighted by atomic mass is 16.5. The van der Waals surface area contributed by atoms with Gasteiger partial charge in [-0.05, 0) is 75.1 Å². The van der Waals surface area contributed by atoms with Crippen molar-refractivity contribution in [3.05, 3.63) is 116 Å². The number of anilines is 3. The molecule has 3 amide bonds. The van der Waals surface area contributed by atoms with E-state index in [-0.39, 0.29) is 36.7 Å². The fourth-order valence-corrected chi connectivity index (χ4v) is 8.96. The van der Waals surface area contributed by atoms with Crippen LogP contribution in [-0.4, -0.2) is 77.8 Å². The molecular weight excluding hydrogens is 640 g/mol. The highest BCUT2D eigenvalue weighted by molar-refractivity contribution is 6.07. The lowest BCUT2D eigenvalue weighted by Gasteiger charge is -2.39. The Hall–Kier alpha value is -4.73. The molecule has 3 saturated heterocycles. The van der Waals surface area contributed by atoms with Crippen molar-refractivity contribution in [2.24, 2.45) is 17.8 Å². The Labute approximate surface area is 301 Å². The second kappa shape index (κ2) is 14.5. The Bertz CT molecular complexity index is 1750. The Morgan fingerprint density at radius 3 is 1.96 bits per heavy atom. The number of aliphatic hydroxyl groups excluding tert-OH is 1. The maximum absolute atomic E-state index is 15.3. The summed E-state index contributed by atoms with van der Waals surface area (Å²) in [6.45, 7) is 17.7. The van der Waals surface area contributed by atoms with E-state index in [9.17, 15) is 9.90 Å². The van der Waals surface area contributed by atoms with Crippen LogP contribution in [0, 0.1) is 17.8 Å². The molecule has 6 rings (SSSR count). The van der Waals surface area contributed by atoms with E-state index in [1.54, 1.807) is 22.0 Å². The second-order valence-electron chi connectivity index (χ2n) is 14.1. The third-order valence-corrected chi connectivity index (χ3v) is 11.5. The minimum atomic E-state index is -1.32. The number of aliphatic hydroxyl groups is 1. The fraction of sp³-hybridized carbons (Fsp3) is 0.405. The molecule has 3 aromatic carbocycles. The van der Waals surface area contributed by atoms with Gasteiger partial charge in [0.05, 0.1) is 30.1 Å². The lowest BCUT2D eigenvalue weighted by Crippen LogP contribution is -2.57. The van der Waals surface area contributed by atoms with Crippen LogP contribution < -0.4 is 14.7 Å². The molecule has 0 aliphatic carbocycles. The van der Waals surface area contributed by atoms with E-state index < -0.39 is 41.7 Å². The van der Waals surface area contributed by atoms with Crippen LogP contribution in [0.3, 0.4) is 0 Å². The maximum atomic E-state index is 15.3. The van der Waals surface area contributed by atoms with Crippen LogP contribution in [0.2, 0.25) is 0 Å². The van der Waals surface area contributed by atoms with E-state index >= 15 is 9.59 Å². The van der Waals surface area contributed by atoms with E-state index in [2.05, 4.69) is 31.9 Å². The van der Waals surface area contributed by atoms with Crippen LogP contribution in [0.25, 0.3) is 0 Å². The number of amides is 3. The highest BCUT2D eigenvalue weighted by Crippen LogP contribution is 2.66. The third-order valence-electron chi connectivity index (χ3n) is 11.5. The van der Waals surface area contributed by atoms with Gasteiger partial charge in [0.25, 0.3) is 5.91 Å². The molecule has 9 nitrogen and oxygen atoms in total. The van der Waals surface area contributed by atoms with Crippen molar-refractivity contribution >= 4 is 34.8 Å². The molecule has 0 radical (unpaired) electrons. The summed E-state index contributed by atoms with van der Waals surface area (Å²) in [7, 11) is 0. The molecule has 268 valence electrons. The van der Waals surface area contributed by atoms with Crippen LogP contribution >= 0.6 is 0 Å². The molecule has 2 bridgehead atoms. The topological polar surface area (TPSA) is 93.6 Å². The molecule has 3 aromatic rings. The van der Waals surface area contributed by atoms with Gasteiger partial charge in [-0.1, -0.05) is 67.6 Å². The molecule has 1 spiro atoms. The van der Waals surface area contributed by atoms with Gasteiger partial charge in [0.15, 0.2) is 0 Å². The van der Waals surface area contributed by atoms with Gasteiger partial charge in [-0.3, -0.25) is 14.4 Å². The standard InChI is InChI=1S/C42H50N4O5/c1-7-25-44(32-19-15-12-16-20-32)38(48)35-36-39(49)46(34(28-47)30-17-13-11-14-18-30)37(42(36)27-29(5)41(35,6)51-42)40(50)45(26-8-2)33-23-21-31(22-24-33)43(9-3)10-4/h7-8,11-24,29,34-37,47H,1-2,9-10,25-28H2,3-6H3/t29?,34-,35-,36+,37?,41+,42?/m1/s1. The van der Waals surface area contributed by atoms with Gasteiger partial charge in [0.2, 0.25) is 11.8 Å².